The van der Waals surface area contributed by atoms with Crippen molar-refractivity contribution >= 4 is 0 Å². The summed E-state index contributed by atoms with van der Waals surface area (Å²) in [5.41, 5.74) is 1.28. The van der Waals surface area contributed by atoms with Crippen molar-refractivity contribution in [2.75, 3.05) is 7.05 Å². The topological polar surface area (TPSA) is 29.3 Å². The average Bonchev–Trinajstić information content (AvgIpc) is 2.93. The number of aromatic nitrogens is 1. The second-order valence-electron chi connectivity index (χ2n) is 4.94. The largest absolute Gasteiger partial charge is 0.468 e. The maximum absolute atomic E-state index is 5.44. The molecular formula is C16H22N2O. The highest BCUT2D eigenvalue weighted by Crippen LogP contribution is 2.26. The zero-order valence-electron chi connectivity index (χ0n) is 11.7. The molecule has 0 aliphatic carbocycles. The van der Waals surface area contributed by atoms with Gasteiger partial charge in [0.15, 0.2) is 0 Å². The van der Waals surface area contributed by atoms with E-state index in [1.165, 1.54) is 18.4 Å². The third-order valence-electron chi connectivity index (χ3n) is 3.42. The number of rotatable bonds is 7. The summed E-state index contributed by atoms with van der Waals surface area (Å²) in [6, 6.07) is 8.53. The maximum atomic E-state index is 5.44. The fourth-order valence-electron chi connectivity index (χ4n) is 2.37. The Morgan fingerprint density at radius 2 is 2.21 bits per heavy atom. The van der Waals surface area contributed by atoms with Crippen molar-refractivity contribution < 1.29 is 4.42 Å². The van der Waals surface area contributed by atoms with Crippen LogP contribution in [0, 0.1) is 0 Å². The van der Waals surface area contributed by atoms with Crippen LogP contribution in [0.25, 0.3) is 0 Å². The zero-order valence-corrected chi connectivity index (χ0v) is 11.7. The van der Waals surface area contributed by atoms with Crippen LogP contribution in [0.1, 0.15) is 43.6 Å². The maximum Gasteiger partial charge on any atom is 0.117 e. The van der Waals surface area contributed by atoms with Gasteiger partial charge in [0.1, 0.15) is 5.76 Å². The van der Waals surface area contributed by atoms with Gasteiger partial charge in [-0.1, -0.05) is 25.8 Å². The molecule has 2 aromatic heterocycles. The van der Waals surface area contributed by atoms with E-state index < -0.39 is 0 Å². The van der Waals surface area contributed by atoms with E-state index >= 15 is 0 Å². The van der Waals surface area contributed by atoms with Crippen molar-refractivity contribution in [2.45, 2.75) is 38.8 Å². The van der Waals surface area contributed by atoms with Gasteiger partial charge in [-0.2, -0.15) is 0 Å². The van der Waals surface area contributed by atoms with Crippen molar-refractivity contribution in [3.05, 3.63) is 54.2 Å². The minimum atomic E-state index is 0.402. The Bertz CT molecular complexity index is 453. The highest BCUT2D eigenvalue weighted by Gasteiger charge is 2.17. The van der Waals surface area contributed by atoms with Crippen LogP contribution in [0.4, 0.5) is 0 Å². The molecule has 0 saturated heterocycles. The molecule has 0 aliphatic heterocycles. The molecule has 0 saturated carbocycles. The summed E-state index contributed by atoms with van der Waals surface area (Å²) in [7, 11) is 2.15. The molecule has 1 atom stereocenters. The minimum Gasteiger partial charge on any atom is -0.468 e. The van der Waals surface area contributed by atoms with E-state index in [1.807, 2.05) is 30.6 Å². The Labute approximate surface area is 115 Å². The molecule has 2 heterocycles. The molecule has 0 unspecified atom stereocenters. The van der Waals surface area contributed by atoms with Gasteiger partial charge in [0, 0.05) is 18.4 Å². The molecule has 0 radical (unpaired) electrons. The van der Waals surface area contributed by atoms with Crippen molar-refractivity contribution in [3.8, 4) is 0 Å². The van der Waals surface area contributed by atoms with E-state index in [2.05, 4.69) is 29.9 Å². The molecule has 2 aromatic rings. The first-order valence-corrected chi connectivity index (χ1v) is 6.93. The molecule has 0 bridgehead atoms. The second kappa shape index (κ2) is 7.10. The van der Waals surface area contributed by atoms with E-state index in [1.54, 1.807) is 6.26 Å². The number of unbranched alkanes of at least 4 members (excludes halogenated alkanes) is 1. The van der Waals surface area contributed by atoms with Gasteiger partial charge in [0.05, 0.1) is 12.8 Å². The van der Waals surface area contributed by atoms with Gasteiger partial charge >= 0.3 is 0 Å². The Morgan fingerprint density at radius 1 is 1.32 bits per heavy atom. The molecule has 2 rings (SSSR count). The number of furan rings is 1. The highest BCUT2D eigenvalue weighted by molar-refractivity contribution is 5.14. The van der Waals surface area contributed by atoms with Gasteiger partial charge < -0.3 is 4.42 Å². The van der Waals surface area contributed by atoms with E-state index in [4.69, 9.17) is 4.42 Å². The third-order valence-corrected chi connectivity index (χ3v) is 3.42. The van der Waals surface area contributed by atoms with Gasteiger partial charge in [-0.15, -0.1) is 0 Å². The van der Waals surface area contributed by atoms with Crippen LogP contribution in [0.3, 0.4) is 0 Å². The summed E-state index contributed by atoms with van der Waals surface area (Å²) in [5.74, 6) is 1.01. The predicted molar refractivity (Wildman–Crippen MR) is 76.7 cm³/mol. The van der Waals surface area contributed by atoms with Crippen molar-refractivity contribution in [1.29, 1.82) is 0 Å². The SMILES string of the molecule is CCCC[C@@H](c1cccnc1)N(C)Cc1ccco1. The third kappa shape index (κ3) is 3.93. The second-order valence-corrected chi connectivity index (χ2v) is 4.94. The lowest BCUT2D eigenvalue weighted by atomic mass is 10.0. The fourth-order valence-corrected chi connectivity index (χ4v) is 2.37. The van der Waals surface area contributed by atoms with E-state index in [0.717, 1.165) is 18.7 Å². The molecule has 0 aliphatic rings. The average molecular weight is 258 g/mol. The summed E-state index contributed by atoms with van der Waals surface area (Å²) in [5, 5.41) is 0. The van der Waals surface area contributed by atoms with Crippen LogP contribution < -0.4 is 0 Å². The molecule has 0 spiro atoms. The molecule has 0 fully saturated rings. The number of hydrogen-bond donors (Lipinski definition) is 0. The summed E-state index contributed by atoms with van der Waals surface area (Å²) < 4.78 is 5.44. The first-order chi connectivity index (χ1) is 9.31. The zero-order chi connectivity index (χ0) is 13.5. The van der Waals surface area contributed by atoms with Crippen LogP contribution >= 0.6 is 0 Å². The van der Waals surface area contributed by atoms with Gasteiger partial charge in [-0.05, 0) is 37.2 Å². The Morgan fingerprint density at radius 3 is 2.84 bits per heavy atom. The van der Waals surface area contributed by atoms with Crippen molar-refractivity contribution in [1.82, 2.24) is 9.88 Å². The van der Waals surface area contributed by atoms with Crippen molar-refractivity contribution in [2.24, 2.45) is 0 Å². The summed E-state index contributed by atoms with van der Waals surface area (Å²) >= 11 is 0. The molecule has 3 nitrogen and oxygen atoms in total. The van der Waals surface area contributed by atoms with Gasteiger partial charge in [-0.25, -0.2) is 0 Å². The number of hydrogen-bond acceptors (Lipinski definition) is 3. The number of pyridine rings is 1. The highest BCUT2D eigenvalue weighted by atomic mass is 16.3. The van der Waals surface area contributed by atoms with Crippen LogP contribution in [0.15, 0.2) is 47.3 Å². The summed E-state index contributed by atoms with van der Waals surface area (Å²) in [4.78, 5) is 6.58. The molecule has 102 valence electrons. The first kappa shape index (κ1) is 13.8. The monoisotopic (exact) mass is 258 g/mol. The molecule has 0 aromatic carbocycles. The van der Waals surface area contributed by atoms with E-state index in [-0.39, 0.29) is 0 Å². The normalized spacial score (nSPS) is 12.8. The Balaban J connectivity index is 2.08. The Hall–Kier alpha value is -1.61. The van der Waals surface area contributed by atoms with Crippen LogP contribution in [0.5, 0.6) is 0 Å². The van der Waals surface area contributed by atoms with E-state index in [9.17, 15) is 0 Å². The van der Waals surface area contributed by atoms with Crippen LogP contribution in [-0.2, 0) is 6.54 Å². The van der Waals surface area contributed by atoms with E-state index in [0.29, 0.717) is 6.04 Å². The molecule has 19 heavy (non-hydrogen) atoms. The molecular weight excluding hydrogens is 236 g/mol. The van der Waals surface area contributed by atoms with Gasteiger partial charge in [0.2, 0.25) is 0 Å². The minimum absolute atomic E-state index is 0.402. The van der Waals surface area contributed by atoms with Gasteiger partial charge in [-0.3, -0.25) is 9.88 Å². The lowest BCUT2D eigenvalue weighted by Crippen LogP contribution is -2.24. The summed E-state index contributed by atoms with van der Waals surface area (Å²) in [6.07, 6.45) is 9.12. The smallest absolute Gasteiger partial charge is 0.117 e. The first-order valence-electron chi connectivity index (χ1n) is 6.93. The standard InChI is InChI=1S/C16H22N2O/c1-3-4-9-16(14-7-5-10-17-12-14)18(2)13-15-8-6-11-19-15/h5-8,10-12,16H,3-4,9,13H2,1-2H3/t16-/m0/s1. The fraction of sp³-hybridized carbons (Fsp3) is 0.438. The molecule has 0 N–H and O–H groups in total. The molecule has 0 amide bonds. The summed E-state index contributed by atoms with van der Waals surface area (Å²) in [6.45, 7) is 3.06. The van der Waals surface area contributed by atoms with Crippen LogP contribution in [0.2, 0.25) is 0 Å². The quantitative estimate of drug-likeness (QED) is 0.750. The van der Waals surface area contributed by atoms with Crippen LogP contribution in [-0.4, -0.2) is 16.9 Å². The molecule has 3 heteroatoms. The number of nitrogens with zero attached hydrogens (tertiary/aromatic N) is 2. The lowest BCUT2D eigenvalue weighted by molar-refractivity contribution is 0.204. The predicted octanol–water partition coefficient (Wildman–Crippen LogP) is 4.04. The van der Waals surface area contributed by atoms with Gasteiger partial charge in [0.25, 0.3) is 0 Å². The van der Waals surface area contributed by atoms with Crippen molar-refractivity contribution in [3.63, 3.8) is 0 Å². The Kier molecular flexibility index (Phi) is 5.16. The lowest BCUT2D eigenvalue weighted by Gasteiger charge is -2.27.